The van der Waals surface area contributed by atoms with Crippen LogP contribution in [0.15, 0.2) is 54.2 Å². The van der Waals surface area contributed by atoms with E-state index < -0.39 is 5.54 Å². The van der Waals surface area contributed by atoms with Gasteiger partial charge in [-0.1, -0.05) is 30.3 Å². The number of rotatable bonds is 3. The second-order valence-electron chi connectivity index (χ2n) is 7.22. The summed E-state index contributed by atoms with van der Waals surface area (Å²) in [5.74, 6) is -0.540. The number of amides is 2. The molecule has 0 bridgehead atoms. The number of hydrogen-bond acceptors (Lipinski definition) is 4. The van der Waals surface area contributed by atoms with E-state index in [0.29, 0.717) is 16.7 Å². The van der Waals surface area contributed by atoms with Crippen molar-refractivity contribution < 1.29 is 9.59 Å². The van der Waals surface area contributed by atoms with Crippen molar-refractivity contribution in [3.63, 3.8) is 0 Å². The number of nitriles is 2. The minimum Gasteiger partial charge on any atom is -0.326 e. The summed E-state index contributed by atoms with van der Waals surface area (Å²) >= 11 is 0. The Labute approximate surface area is 169 Å². The minimum atomic E-state index is -1.09. The third-order valence-corrected chi connectivity index (χ3v) is 5.37. The van der Waals surface area contributed by atoms with Gasteiger partial charge in [-0.15, -0.1) is 0 Å². The molecule has 3 rings (SSSR count). The molecule has 0 spiro atoms. The van der Waals surface area contributed by atoms with Gasteiger partial charge in [-0.25, -0.2) is 0 Å². The summed E-state index contributed by atoms with van der Waals surface area (Å²) in [5.41, 5.74) is 1.44. The third-order valence-electron chi connectivity index (χ3n) is 5.37. The van der Waals surface area contributed by atoms with Gasteiger partial charge in [-0.05, 0) is 42.3 Å². The van der Waals surface area contributed by atoms with Crippen LogP contribution in [0.1, 0.15) is 29.2 Å². The van der Waals surface area contributed by atoms with Crippen LogP contribution in [0.2, 0.25) is 0 Å². The first-order chi connectivity index (χ1) is 13.8. The number of piperazine rings is 1. The number of hydrogen-bond donors (Lipinski definition) is 0. The fourth-order valence-electron chi connectivity index (χ4n) is 3.53. The van der Waals surface area contributed by atoms with Gasteiger partial charge in [0.2, 0.25) is 0 Å². The van der Waals surface area contributed by atoms with E-state index in [1.54, 1.807) is 69.6 Å². The topological polar surface area (TPSA) is 88.2 Å². The van der Waals surface area contributed by atoms with E-state index in [1.807, 2.05) is 6.07 Å². The molecule has 2 amide bonds. The van der Waals surface area contributed by atoms with Crippen LogP contribution in [0.4, 0.5) is 0 Å². The molecule has 0 aliphatic carbocycles. The lowest BCUT2D eigenvalue weighted by atomic mass is 9.86. The number of carbonyl (C=O) groups is 2. The van der Waals surface area contributed by atoms with Gasteiger partial charge < -0.3 is 9.80 Å². The molecule has 1 unspecified atom stereocenters. The Kier molecular flexibility index (Phi) is 5.21. The molecule has 144 valence electrons. The highest BCUT2D eigenvalue weighted by Crippen LogP contribution is 2.31. The maximum atomic E-state index is 13.3. The van der Waals surface area contributed by atoms with Gasteiger partial charge in [-0.3, -0.25) is 9.59 Å². The van der Waals surface area contributed by atoms with E-state index in [0.717, 1.165) is 5.56 Å². The highest BCUT2D eigenvalue weighted by molar-refractivity contribution is 6.08. The Hall–Kier alpha value is -3.90. The third kappa shape index (κ3) is 3.49. The second kappa shape index (κ2) is 7.61. The summed E-state index contributed by atoms with van der Waals surface area (Å²) in [4.78, 5) is 29.2. The van der Waals surface area contributed by atoms with Gasteiger partial charge in [0.1, 0.15) is 11.2 Å². The van der Waals surface area contributed by atoms with Crippen molar-refractivity contribution in [3.05, 3.63) is 76.5 Å². The standard InChI is InChI=1S/C23H20N4O2/c1-23(13-16-7-6-8-17(11-16)14-24)22(29)26(2)20(21(28)27(23)3)12-18-9-4-5-10-19(18)15-25/h4-12H,13H2,1-3H3/b20-12-. The summed E-state index contributed by atoms with van der Waals surface area (Å²) in [5, 5.41) is 18.4. The van der Waals surface area contributed by atoms with Crippen LogP contribution in [-0.4, -0.2) is 41.2 Å². The van der Waals surface area contributed by atoms with Gasteiger partial charge in [0, 0.05) is 20.5 Å². The Morgan fingerprint density at radius 3 is 2.45 bits per heavy atom. The maximum absolute atomic E-state index is 13.3. The molecule has 0 N–H and O–H groups in total. The van der Waals surface area contributed by atoms with Crippen molar-refractivity contribution in [2.75, 3.05) is 14.1 Å². The molecule has 1 fully saturated rings. The first-order valence-electron chi connectivity index (χ1n) is 9.08. The average molecular weight is 384 g/mol. The minimum absolute atomic E-state index is 0.212. The van der Waals surface area contributed by atoms with E-state index >= 15 is 0 Å². The summed E-state index contributed by atoms with van der Waals surface area (Å²) in [6, 6.07) is 18.1. The molecule has 0 aromatic heterocycles. The van der Waals surface area contributed by atoms with E-state index in [2.05, 4.69) is 12.1 Å². The highest BCUT2D eigenvalue weighted by atomic mass is 16.2. The smallest absolute Gasteiger partial charge is 0.271 e. The fraction of sp³-hybridized carbons (Fsp3) is 0.217. The number of benzene rings is 2. The van der Waals surface area contributed by atoms with Crippen molar-refractivity contribution in [1.82, 2.24) is 9.80 Å². The van der Waals surface area contributed by atoms with Crippen LogP contribution >= 0.6 is 0 Å². The summed E-state index contributed by atoms with van der Waals surface area (Å²) in [7, 11) is 3.17. The molecule has 6 heteroatoms. The molecular formula is C23H20N4O2. The summed E-state index contributed by atoms with van der Waals surface area (Å²) in [6.07, 6.45) is 1.86. The molecule has 2 aromatic carbocycles. The normalized spacial score (nSPS) is 20.5. The summed E-state index contributed by atoms with van der Waals surface area (Å²) in [6.45, 7) is 1.72. The molecule has 1 saturated heterocycles. The molecule has 1 heterocycles. The van der Waals surface area contributed by atoms with Gasteiger partial charge in [0.05, 0.1) is 23.3 Å². The molecule has 0 saturated carbocycles. The van der Waals surface area contributed by atoms with Crippen molar-refractivity contribution in [2.45, 2.75) is 18.9 Å². The van der Waals surface area contributed by atoms with Crippen LogP contribution in [0, 0.1) is 22.7 Å². The van der Waals surface area contributed by atoms with Crippen molar-refractivity contribution in [2.24, 2.45) is 0 Å². The fourth-order valence-corrected chi connectivity index (χ4v) is 3.53. The van der Waals surface area contributed by atoms with E-state index in [4.69, 9.17) is 5.26 Å². The van der Waals surface area contributed by atoms with E-state index in [9.17, 15) is 14.9 Å². The van der Waals surface area contributed by atoms with Crippen LogP contribution in [-0.2, 0) is 16.0 Å². The second-order valence-corrected chi connectivity index (χ2v) is 7.22. The molecule has 29 heavy (non-hydrogen) atoms. The van der Waals surface area contributed by atoms with Crippen LogP contribution < -0.4 is 0 Å². The van der Waals surface area contributed by atoms with Gasteiger partial charge in [0.25, 0.3) is 11.8 Å². The highest BCUT2D eigenvalue weighted by Gasteiger charge is 2.48. The zero-order valence-corrected chi connectivity index (χ0v) is 16.5. The lowest BCUT2D eigenvalue weighted by Gasteiger charge is -2.45. The number of likely N-dealkylation sites (N-methyl/N-ethyl adjacent to an activating group) is 2. The first kappa shape index (κ1) is 19.9. The quantitative estimate of drug-likeness (QED) is 0.761. The average Bonchev–Trinajstić information content (AvgIpc) is 2.74. The molecule has 1 atom stereocenters. The molecule has 1 aliphatic heterocycles. The SMILES string of the molecule is CN1C(=O)C(C)(Cc2cccc(C#N)c2)N(C)C(=O)/C1=C/c1ccccc1C#N. The number of carbonyl (C=O) groups excluding carboxylic acids is 2. The monoisotopic (exact) mass is 384 g/mol. The maximum Gasteiger partial charge on any atom is 0.271 e. The predicted molar refractivity (Wildman–Crippen MR) is 108 cm³/mol. The van der Waals surface area contributed by atoms with Crippen molar-refractivity contribution >= 4 is 17.9 Å². The molecule has 0 radical (unpaired) electrons. The lowest BCUT2D eigenvalue weighted by Crippen LogP contribution is -2.64. The molecule has 1 aliphatic rings. The first-order valence-corrected chi connectivity index (χ1v) is 9.08. The van der Waals surface area contributed by atoms with Crippen molar-refractivity contribution in [1.29, 1.82) is 10.5 Å². The Morgan fingerprint density at radius 2 is 1.76 bits per heavy atom. The Bertz CT molecular complexity index is 1110. The van der Waals surface area contributed by atoms with Crippen LogP contribution in [0.25, 0.3) is 6.08 Å². The van der Waals surface area contributed by atoms with E-state index in [1.165, 1.54) is 9.80 Å². The van der Waals surface area contributed by atoms with Gasteiger partial charge in [-0.2, -0.15) is 10.5 Å². The summed E-state index contributed by atoms with van der Waals surface area (Å²) < 4.78 is 0. The Morgan fingerprint density at radius 1 is 1.03 bits per heavy atom. The molecular weight excluding hydrogens is 364 g/mol. The number of nitrogens with zero attached hydrogens (tertiary/aromatic N) is 4. The van der Waals surface area contributed by atoms with Crippen LogP contribution in [0.5, 0.6) is 0 Å². The van der Waals surface area contributed by atoms with Crippen LogP contribution in [0.3, 0.4) is 0 Å². The van der Waals surface area contributed by atoms with Crippen molar-refractivity contribution in [3.8, 4) is 12.1 Å². The lowest BCUT2D eigenvalue weighted by molar-refractivity contribution is -0.155. The zero-order chi connectivity index (χ0) is 21.2. The van der Waals surface area contributed by atoms with Gasteiger partial charge in [0.15, 0.2) is 0 Å². The molecule has 6 nitrogen and oxygen atoms in total. The largest absolute Gasteiger partial charge is 0.326 e. The Balaban J connectivity index is 1.99. The predicted octanol–water partition coefficient (Wildman–Crippen LogP) is 2.70. The zero-order valence-electron chi connectivity index (χ0n) is 16.5. The molecule has 2 aromatic rings. The van der Waals surface area contributed by atoms with E-state index in [-0.39, 0.29) is 23.9 Å². The van der Waals surface area contributed by atoms with Gasteiger partial charge >= 0.3 is 0 Å².